The molecule has 0 bridgehead atoms. The first-order valence-corrected chi connectivity index (χ1v) is 6.05. The molecule has 0 spiro atoms. The van der Waals surface area contributed by atoms with E-state index in [1.807, 2.05) is 0 Å². The van der Waals surface area contributed by atoms with Gasteiger partial charge in [0.1, 0.15) is 11.6 Å². The highest BCUT2D eigenvalue weighted by molar-refractivity contribution is 9.10. The number of rotatable bonds is 2. The lowest BCUT2D eigenvalue weighted by molar-refractivity contribution is 0.103. The molecular weight excluding hydrogens is 302 g/mol. The van der Waals surface area contributed by atoms with E-state index in [-0.39, 0.29) is 16.9 Å². The Kier molecular flexibility index (Phi) is 3.57. The highest BCUT2D eigenvalue weighted by atomic mass is 79.9. The molecule has 0 aliphatic heterocycles. The fourth-order valence-corrected chi connectivity index (χ4v) is 2.17. The third kappa shape index (κ3) is 2.34. The second-order valence-electron chi connectivity index (χ2n) is 3.89. The van der Waals surface area contributed by atoms with Crippen molar-refractivity contribution in [2.75, 3.05) is 0 Å². The molecule has 0 aromatic heterocycles. The van der Waals surface area contributed by atoms with E-state index in [0.717, 1.165) is 0 Å². The van der Waals surface area contributed by atoms with Gasteiger partial charge in [-0.25, -0.2) is 8.78 Å². The molecule has 0 aliphatic carbocycles. The van der Waals surface area contributed by atoms with Gasteiger partial charge in [-0.15, -0.1) is 0 Å². The molecule has 0 radical (unpaired) electrons. The average molecular weight is 311 g/mol. The van der Waals surface area contributed by atoms with Gasteiger partial charge in [0.15, 0.2) is 5.78 Å². The summed E-state index contributed by atoms with van der Waals surface area (Å²) in [5.41, 5.74) is 0.580. The number of hydrogen-bond acceptors (Lipinski definition) is 1. The zero-order valence-corrected chi connectivity index (χ0v) is 11.1. The molecule has 92 valence electrons. The lowest BCUT2D eigenvalue weighted by Gasteiger charge is -2.06. The highest BCUT2D eigenvalue weighted by Gasteiger charge is 2.17. The Balaban J connectivity index is 2.51. The smallest absolute Gasteiger partial charge is 0.197 e. The molecule has 2 aromatic carbocycles. The molecule has 2 aromatic rings. The maximum Gasteiger partial charge on any atom is 0.197 e. The van der Waals surface area contributed by atoms with Crippen LogP contribution in [0, 0.1) is 18.6 Å². The molecule has 0 unspecified atom stereocenters. The molecule has 0 saturated heterocycles. The van der Waals surface area contributed by atoms with Crippen LogP contribution in [0.5, 0.6) is 0 Å². The van der Waals surface area contributed by atoms with Crippen molar-refractivity contribution < 1.29 is 13.6 Å². The Morgan fingerprint density at radius 3 is 2.44 bits per heavy atom. The number of benzene rings is 2. The average Bonchev–Trinajstić information content (AvgIpc) is 2.32. The lowest BCUT2D eigenvalue weighted by atomic mass is 10.0. The predicted molar refractivity (Wildman–Crippen MR) is 68.7 cm³/mol. The number of aryl methyl sites for hydroxylation is 1. The van der Waals surface area contributed by atoms with Gasteiger partial charge >= 0.3 is 0 Å². The van der Waals surface area contributed by atoms with Crippen molar-refractivity contribution in [1.82, 2.24) is 0 Å². The Bertz CT molecular complexity index is 603. The van der Waals surface area contributed by atoms with Gasteiger partial charge in [0.05, 0.1) is 5.56 Å². The van der Waals surface area contributed by atoms with Crippen molar-refractivity contribution in [3.63, 3.8) is 0 Å². The maximum atomic E-state index is 13.6. The molecule has 0 atom stereocenters. The summed E-state index contributed by atoms with van der Waals surface area (Å²) in [6.07, 6.45) is 0. The first-order chi connectivity index (χ1) is 8.50. The van der Waals surface area contributed by atoms with E-state index in [1.54, 1.807) is 13.0 Å². The minimum absolute atomic E-state index is 0.0384. The zero-order chi connectivity index (χ0) is 13.3. The molecule has 1 nitrogen and oxygen atoms in total. The van der Waals surface area contributed by atoms with Crippen LogP contribution in [-0.2, 0) is 0 Å². The Hall–Kier alpha value is -1.55. The van der Waals surface area contributed by atoms with Gasteiger partial charge in [-0.05, 0) is 58.7 Å². The van der Waals surface area contributed by atoms with Gasteiger partial charge in [0.25, 0.3) is 0 Å². The van der Waals surface area contributed by atoms with Crippen LogP contribution in [0.25, 0.3) is 0 Å². The van der Waals surface area contributed by atoms with E-state index in [9.17, 15) is 13.6 Å². The van der Waals surface area contributed by atoms with Crippen LogP contribution in [-0.4, -0.2) is 5.78 Å². The summed E-state index contributed by atoms with van der Waals surface area (Å²) in [5.74, 6) is -1.46. The monoisotopic (exact) mass is 310 g/mol. The van der Waals surface area contributed by atoms with E-state index >= 15 is 0 Å². The largest absolute Gasteiger partial charge is 0.288 e. The Labute approximate surface area is 112 Å². The van der Waals surface area contributed by atoms with Crippen LogP contribution in [0.4, 0.5) is 8.78 Å². The minimum Gasteiger partial charge on any atom is -0.288 e. The highest BCUT2D eigenvalue weighted by Crippen LogP contribution is 2.23. The second kappa shape index (κ2) is 4.98. The van der Waals surface area contributed by atoms with Crippen LogP contribution >= 0.6 is 15.9 Å². The minimum atomic E-state index is -0.601. The first kappa shape index (κ1) is 12.9. The van der Waals surface area contributed by atoms with Gasteiger partial charge in [0.2, 0.25) is 0 Å². The van der Waals surface area contributed by atoms with Gasteiger partial charge in [0, 0.05) is 10.0 Å². The second-order valence-corrected chi connectivity index (χ2v) is 4.74. The summed E-state index contributed by atoms with van der Waals surface area (Å²) in [4.78, 5) is 12.2. The summed E-state index contributed by atoms with van der Waals surface area (Å²) in [7, 11) is 0. The van der Waals surface area contributed by atoms with Gasteiger partial charge < -0.3 is 0 Å². The first-order valence-electron chi connectivity index (χ1n) is 5.25. The molecule has 0 aliphatic rings. The molecule has 18 heavy (non-hydrogen) atoms. The van der Waals surface area contributed by atoms with Gasteiger partial charge in [-0.3, -0.25) is 4.79 Å². The van der Waals surface area contributed by atoms with Crippen LogP contribution in [0.1, 0.15) is 21.5 Å². The molecular formula is C14H9BrF2O. The van der Waals surface area contributed by atoms with Crippen molar-refractivity contribution >= 4 is 21.7 Å². The number of halogens is 3. The van der Waals surface area contributed by atoms with Gasteiger partial charge in [-0.2, -0.15) is 0 Å². The fourth-order valence-electron chi connectivity index (χ4n) is 1.65. The van der Waals surface area contributed by atoms with E-state index in [1.165, 1.54) is 30.3 Å². The SMILES string of the molecule is Cc1cc(C(=O)c2c(F)cccc2Br)ccc1F. The zero-order valence-electron chi connectivity index (χ0n) is 9.51. The third-order valence-electron chi connectivity index (χ3n) is 2.61. The summed E-state index contributed by atoms with van der Waals surface area (Å²) in [6, 6.07) is 8.28. The van der Waals surface area contributed by atoms with Crippen LogP contribution in [0.3, 0.4) is 0 Å². The molecule has 0 heterocycles. The van der Waals surface area contributed by atoms with E-state index in [4.69, 9.17) is 0 Å². The maximum absolute atomic E-state index is 13.6. The topological polar surface area (TPSA) is 17.1 Å². The lowest BCUT2D eigenvalue weighted by Crippen LogP contribution is -2.06. The van der Waals surface area contributed by atoms with Crippen molar-refractivity contribution in [2.45, 2.75) is 6.92 Å². The van der Waals surface area contributed by atoms with Crippen molar-refractivity contribution in [3.05, 3.63) is 69.2 Å². The number of ketones is 1. The van der Waals surface area contributed by atoms with E-state index in [0.29, 0.717) is 10.0 Å². The van der Waals surface area contributed by atoms with Crippen LogP contribution < -0.4 is 0 Å². The van der Waals surface area contributed by atoms with Gasteiger partial charge in [-0.1, -0.05) is 6.07 Å². The van der Waals surface area contributed by atoms with Crippen molar-refractivity contribution in [3.8, 4) is 0 Å². The summed E-state index contributed by atoms with van der Waals surface area (Å²) < 4.78 is 27.2. The fraction of sp³-hybridized carbons (Fsp3) is 0.0714. The van der Waals surface area contributed by atoms with Crippen molar-refractivity contribution in [2.24, 2.45) is 0 Å². The standard InChI is InChI=1S/C14H9BrF2O/c1-8-7-9(5-6-11(8)16)14(18)13-10(15)3-2-4-12(13)17/h2-7H,1H3. The normalized spacial score (nSPS) is 10.4. The van der Waals surface area contributed by atoms with Crippen LogP contribution in [0.2, 0.25) is 0 Å². The summed E-state index contributed by atoms with van der Waals surface area (Å²) in [6.45, 7) is 1.56. The molecule has 2 rings (SSSR count). The number of carbonyl (C=O) groups excluding carboxylic acids is 1. The number of hydrogen-bond donors (Lipinski definition) is 0. The molecule has 0 amide bonds. The predicted octanol–water partition coefficient (Wildman–Crippen LogP) is 4.27. The molecule has 0 fully saturated rings. The Morgan fingerprint density at radius 1 is 1.11 bits per heavy atom. The van der Waals surface area contributed by atoms with Crippen molar-refractivity contribution in [1.29, 1.82) is 0 Å². The van der Waals surface area contributed by atoms with E-state index < -0.39 is 11.6 Å². The molecule has 4 heteroatoms. The Morgan fingerprint density at radius 2 is 1.83 bits per heavy atom. The van der Waals surface area contributed by atoms with E-state index in [2.05, 4.69) is 15.9 Å². The quantitative estimate of drug-likeness (QED) is 0.757. The summed E-state index contributed by atoms with van der Waals surface area (Å²) >= 11 is 3.14. The van der Waals surface area contributed by atoms with Crippen LogP contribution in [0.15, 0.2) is 40.9 Å². The summed E-state index contributed by atoms with van der Waals surface area (Å²) in [5, 5.41) is 0. The molecule has 0 saturated carbocycles. The third-order valence-corrected chi connectivity index (χ3v) is 3.27. The molecule has 0 N–H and O–H groups in total. The number of carbonyl (C=O) groups is 1.